The summed E-state index contributed by atoms with van der Waals surface area (Å²) in [4.78, 5) is 25.4. The third-order valence-corrected chi connectivity index (χ3v) is 11.3. The van der Waals surface area contributed by atoms with Gasteiger partial charge in [-0.25, -0.2) is 0 Å². The van der Waals surface area contributed by atoms with Crippen molar-refractivity contribution >= 4 is 11.9 Å². The summed E-state index contributed by atoms with van der Waals surface area (Å²) in [6.45, 7) is 7.52. The van der Waals surface area contributed by atoms with Crippen LogP contribution in [0.4, 0.5) is 0 Å². The monoisotopic (exact) mass is 915 g/mol. The molecule has 0 bridgehead atoms. The topological polar surface area (TPSA) is 61.8 Å². The van der Waals surface area contributed by atoms with Crippen LogP contribution >= 0.6 is 0 Å². The number of hydrogen-bond donors (Lipinski definition) is 0. The lowest BCUT2D eigenvalue weighted by atomic mass is 10.1. The minimum atomic E-state index is -0.574. The minimum absolute atomic E-state index is 0.0440. The van der Waals surface area contributed by atoms with Gasteiger partial charge >= 0.3 is 11.9 Å². The molecule has 0 radical (unpaired) electrons. The first-order valence-corrected chi connectivity index (χ1v) is 27.4. The van der Waals surface area contributed by atoms with Gasteiger partial charge in [-0.3, -0.25) is 9.59 Å². The van der Waals surface area contributed by atoms with E-state index in [4.69, 9.17) is 14.2 Å². The van der Waals surface area contributed by atoms with Crippen LogP contribution in [0.3, 0.4) is 0 Å². The van der Waals surface area contributed by atoms with E-state index in [9.17, 15) is 9.59 Å². The van der Waals surface area contributed by atoms with Crippen molar-refractivity contribution in [3.8, 4) is 0 Å². The maximum absolute atomic E-state index is 12.8. The highest BCUT2D eigenvalue weighted by molar-refractivity contribution is 5.70. The van der Waals surface area contributed by atoms with E-state index in [-0.39, 0.29) is 25.2 Å². The maximum Gasteiger partial charge on any atom is 0.306 e. The zero-order valence-corrected chi connectivity index (χ0v) is 43.2. The SMILES string of the molecule is CC/C=C\C/C=C\C/C=C\C/C=C\C/C=C\CCCC(=O)OCC(COCCCCCCCCCC/C=C\C/C=C\C/C=C\CC)OC(=O)CCCCCCC/C=C\CCCCCCCC. The Balaban J connectivity index is 4.40. The van der Waals surface area contributed by atoms with Gasteiger partial charge in [-0.15, -0.1) is 0 Å². The number of rotatable bonds is 49. The first-order valence-electron chi connectivity index (χ1n) is 27.4. The second kappa shape index (κ2) is 55.9. The van der Waals surface area contributed by atoms with E-state index in [0.29, 0.717) is 19.4 Å². The standard InChI is InChI=1S/C61H102O5/c1-4-7-10-13-16-19-22-25-28-30-32-35-38-41-44-47-50-53-56-64-57-59(66-61(63)55-52-49-46-43-40-37-33-27-24-21-18-15-12-9-6-3)58-65-60(62)54-51-48-45-42-39-36-34-31-29-26-23-20-17-14-11-8-5-2/h7-8,10-11,16-17,19-20,25-29,33-34,36,42,45,59H,4-6,9,12-15,18,21-24,30-32,35,37-41,43-44,46-58H2,1-3H3/b10-7-,11-8-,19-16-,20-17-,28-25-,29-26-,33-27-,36-34-,45-42-. The minimum Gasteiger partial charge on any atom is -0.462 e. The van der Waals surface area contributed by atoms with E-state index in [2.05, 4.69) is 130 Å². The molecule has 0 aromatic carbocycles. The third-order valence-electron chi connectivity index (χ3n) is 11.3. The van der Waals surface area contributed by atoms with E-state index < -0.39 is 6.10 Å². The molecule has 0 aliphatic rings. The fourth-order valence-corrected chi connectivity index (χ4v) is 7.26. The van der Waals surface area contributed by atoms with Gasteiger partial charge < -0.3 is 14.2 Å². The summed E-state index contributed by atoms with van der Waals surface area (Å²) in [5.74, 6) is -0.481. The van der Waals surface area contributed by atoms with Gasteiger partial charge in [-0.2, -0.15) is 0 Å². The number of unbranched alkanes of at least 4 members (excludes halogenated alkanes) is 20. The quantitative estimate of drug-likeness (QED) is 0.0346. The Kier molecular flexibility index (Phi) is 53.0. The number of carbonyl (C=O) groups excluding carboxylic acids is 2. The summed E-state index contributed by atoms with van der Waals surface area (Å²) in [7, 11) is 0. The maximum atomic E-state index is 12.8. The molecule has 0 aliphatic heterocycles. The van der Waals surface area contributed by atoms with Gasteiger partial charge in [0.05, 0.1) is 6.61 Å². The molecule has 0 aliphatic carbocycles. The van der Waals surface area contributed by atoms with E-state index >= 15 is 0 Å². The second-order valence-electron chi connectivity index (χ2n) is 17.7. The van der Waals surface area contributed by atoms with Crippen molar-refractivity contribution in [2.24, 2.45) is 0 Å². The highest BCUT2D eigenvalue weighted by Crippen LogP contribution is 2.13. The lowest BCUT2D eigenvalue weighted by molar-refractivity contribution is -0.163. The summed E-state index contributed by atoms with van der Waals surface area (Å²) in [6.07, 6.45) is 76.8. The van der Waals surface area contributed by atoms with Crippen LogP contribution in [0.25, 0.3) is 0 Å². The van der Waals surface area contributed by atoms with Crippen LogP contribution in [-0.4, -0.2) is 37.9 Å². The molecule has 5 nitrogen and oxygen atoms in total. The number of esters is 2. The molecule has 376 valence electrons. The summed E-state index contributed by atoms with van der Waals surface area (Å²) in [6, 6.07) is 0. The predicted molar refractivity (Wildman–Crippen MR) is 288 cm³/mol. The van der Waals surface area contributed by atoms with Gasteiger partial charge in [0.1, 0.15) is 6.61 Å². The number of hydrogen-bond acceptors (Lipinski definition) is 5. The summed E-state index contributed by atoms with van der Waals surface area (Å²) < 4.78 is 17.4. The van der Waals surface area contributed by atoms with E-state index in [1.807, 2.05) is 0 Å². The van der Waals surface area contributed by atoms with E-state index in [1.165, 1.54) is 103 Å². The first kappa shape index (κ1) is 62.6. The van der Waals surface area contributed by atoms with Crippen molar-refractivity contribution in [1.82, 2.24) is 0 Å². The molecule has 0 heterocycles. The van der Waals surface area contributed by atoms with Crippen molar-refractivity contribution in [3.63, 3.8) is 0 Å². The van der Waals surface area contributed by atoms with Crippen molar-refractivity contribution in [3.05, 3.63) is 109 Å². The summed E-state index contributed by atoms with van der Waals surface area (Å²) in [5, 5.41) is 0. The predicted octanol–water partition coefficient (Wildman–Crippen LogP) is 18.8. The highest BCUT2D eigenvalue weighted by atomic mass is 16.6. The molecule has 0 N–H and O–H groups in total. The second-order valence-corrected chi connectivity index (χ2v) is 17.7. The molecule has 66 heavy (non-hydrogen) atoms. The smallest absolute Gasteiger partial charge is 0.306 e. The number of ether oxygens (including phenoxy) is 3. The van der Waals surface area contributed by atoms with Crippen LogP contribution < -0.4 is 0 Å². The van der Waals surface area contributed by atoms with Gasteiger partial charge in [0.25, 0.3) is 0 Å². The van der Waals surface area contributed by atoms with Gasteiger partial charge in [-0.05, 0) is 116 Å². The highest BCUT2D eigenvalue weighted by Gasteiger charge is 2.17. The Bertz CT molecular complexity index is 1310. The Morgan fingerprint density at radius 1 is 0.348 bits per heavy atom. The van der Waals surface area contributed by atoms with Crippen LogP contribution in [0.1, 0.15) is 239 Å². The Morgan fingerprint density at radius 2 is 0.697 bits per heavy atom. The van der Waals surface area contributed by atoms with Gasteiger partial charge in [-0.1, -0.05) is 220 Å². The van der Waals surface area contributed by atoms with Crippen LogP contribution in [0.15, 0.2) is 109 Å². The lowest BCUT2D eigenvalue weighted by Crippen LogP contribution is -2.30. The average Bonchev–Trinajstić information content (AvgIpc) is 3.32. The fourth-order valence-electron chi connectivity index (χ4n) is 7.26. The molecule has 0 rings (SSSR count). The van der Waals surface area contributed by atoms with Crippen LogP contribution in [0.5, 0.6) is 0 Å². The van der Waals surface area contributed by atoms with Gasteiger partial charge in [0.2, 0.25) is 0 Å². The van der Waals surface area contributed by atoms with Gasteiger partial charge in [0, 0.05) is 19.4 Å². The molecule has 0 saturated heterocycles. The Hall–Kier alpha value is -3.44. The molecule has 0 amide bonds. The third kappa shape index (κ3) is 53.2. The lowest BCUT2D eigenvalue weighted by Gasteiger charge is -2.18. The fraction of sp³-hybridized carbons (Fsp3) is 0.672. The summed E-state index contributed by atoms with van der Waals surface area (Å²) in [5.41, 5.74) is 0. The van der Waals surface area contributed by atoms with Crippen molar-refractivity contribution in [2.75, 3.05) is 19.8 Å². The van der Waals surface area contributed by atoms with Crippen molar-refractivity contribution in [1.29, 1.82) is 0 Å². The van der Waals surface area contributed by atoms with E-state index in [0.717, 1.165) is 103 Å². The molecular formula is C61H102O5. The van der Waals surface area contributed by atoms with E-state index in [1.54, 1.807) is 0 Å². The zero-order chi connectivity index (χ0) is 47.7. The number of carbonyl (C=O) groups is 2. The molecule has 0 aromatic heterocycles. The molecule has 0 aromatic rings. The molecule has 0 saturated carbocycles. The Morgan fingerprint density at radius 3 is 1.15 bits per heavy atom. The molecule has 1 unspecified atom stereocenters. The van der Waals surface area contributed by atoms with Crippen LogP contribution in [-0.2, 0) is 23.8 Å². The normalized spacial score (nSPS) is 13.1. The zero-order valence-electron chi connectivity index (χ0n) is 43.2. The molecule has 0 fully saturated rings. The largest absolute Gasteiger partial charge is 0.462 e. The molecule has 1 atom stereocenters. The Labute approximate surface area is 408 Å². The average molecular weight is 915 g/mol. The molecule has 5 heteroatoms. The molecule has 0 spiro atoms. The van der Waals surface area contributed by atoms with Crippen molar-refractivity contribution < 1.29 is 23.8 Å². The van der Waals surface area contributed by atoms with Crippen LogP contribution in [0.2, 0.25) is 0 Å². The number of allylic oxidation sites excluding steroid dienone is 18. The van der Waals surface area contributed by atoms with Crippen LogP contribution in [0, 0.1) is 0 Å². The van der Waals surface area contributed by atoms with Crippen molar-refractivity contribution in [2.45, 2.75) is 245 Å². The summed E-state index contributed by atoms with van der Waals surface area (Å²) >= 11 is 0. The molecular weight excluding hydrogens is 813 g/mol. The van der Waals surface area contributed by atoms with Gasteiger partial charge in [0.15, 0.2) is 6.10 Å². The first-order chi connectivity index (χ1) is 32.6.